The Bertz CT molecular complexity index is 1430. The smallest absolute Gasteiger partial charge is 0.430 e. The predicted octanol–water partition coefficient (Wildman–Crippen LogP) is -0.581. The van der Waals surface area contributed by atoms with E-state index in [0.717, 1.165) is 43.2 Å². The van der Waals surface area contributed by atoms with Crippen LogP contribution in [0.15, 0.2) is 48.8 Å². The Hall–Kier alpha value is -5.02. The van der Waals surface area contributed by atoms with Crippen LogP contribution < -0.4 is 37.1 Å². The summed E-state index contributed by atoms with van der Waals surface area (Å²) >= 11 is 0. The first-order valence-electron chi connectivity index (χ1n) is 14.8. The van der Waals surface area contributed by atoms with Gasteiger partial charge in [-0.2, -0.15) is 13.2 Å². The molecule has 3 atom stereocenters. The number of nitrogens with two attached hydrogens (primary N) is 2. The van der Waals surface area contributed by atoms with E-state index in [2.05, 4.69) is 16.0 Å². The van der Waals surface area contributed by atoms with Gasteiger partial charge in [0.2, 0.25) is 23.6 Å². The lowest BCUT2D eigenvalue weighted by atomic mass is 9.83. The molecule has 0 aliphatic heterocycles. The number of hydrogen-bond acceptors (Lipinski definition) is 7. The third-order valence-electron chi connectivity index (χ3n) is 7.43. The van der Waals surface area contributed by atoms with Crippen LogP contribution in [0.1, 0.15) is 55.7 Å². The van der Waals surface area contributed by atoms with Crippen LogP contribution in [-0.4, -0.2) is 59.7 Å². The first-order valence-corrected chi connectivity index (χ1v) is 14.8. The molecule has 256 valence electrons. The molecule has 0 radical (unpaired) electrons. The summed E-state index contributed by atoms with van der Waals surface area (Å²) in [6, 6.07) is 7.75. The Labute approximate surface area is 269 Å². The number of carbonyl (C=O) groups excluding carboxylic acids is 5. The molecule has 16 heteroatoms. The van der Waals surface area contributed by atoms with Gasteiger partial charge in [-0.15, -0.1) is 0 Å². The van der Waals surface area contributed by atoms with Crippen molar-refractivity contribution in [2.45, 2.75) is 76.2 Å². The van der Waals surface area contributed by atoms with E-state index in [9.17, 15) is 32.3 Å². The Balaban J connectivity index is 0.000000984. The molecule has 1 saturated carbocycles. The van der Waals surface area contributed by atoms with Gasteiger partial charge in [0, 0.05) is 37.0 Å². The number of alkyl halides is 3. The zero-order chi connectivity index (χ0) is 35.3. The van der Waals surface area contributed by atoms with E-state index >= 15 is 0 Å². The maximum atomic E-state index is 13.6. The van der Waals surface area contributed by atoms with E-state index in [-0.39, 0.29) is 30.5 Å². The molecular formula is C31H40F3N7O6. The van der Waals surface area contributed by atoms with Gasteiger partial charge < -0.3 is 37.3 Å². The molecule has 1 heterocycles. The third kappa shape index (κ3) is 13.1. The minimum absolute atomic E-state index is 0.0699. The summed E-state index contributed by atoms with van der Waals surface area (Å²) in [4.78, 5) is 60.1. The summed E-state index contributed by atoms with van der Waals surface area (Å²) in [5.74, 6) is -5.22. The standard InChI is InChI=1S/C29H39N7O4.C2HF3O2/c1-18(37)33-24(15-19-10-12-22(13-11-19)26(30)31)28(39)35-25(21-8-4-3-5-9-21)29(40)34-23(27(32)38)16-20-7-6-14-36(2)17-20;3-2(4,5)1(6)7/h6-7,10-14,17,21,23-25H,3-5,8-9,15-16H2,1-2H3,(H7-,30,31,32,33,34,35,37,38,39,40);(H,6,7)/t23-,24-,25-;/m0./s1. The monoisotopic (exact) mass is 663 g/mol. The number of nitrogens with one attached hydrogen (secondary N) is 4. The number of benzene rings is 1. The van der Waals surface area contributed by atoms with Gasteiger partial charge in [0.1, 0.15) is 37.0 Å². The maximum Gasteiger partial charge on any atom is 0.430 e. The molecular weight excluding hydrogens is 623 g/mol. The molecule has 8 N–H and O–H groups in total. The Morgan fingerprint density at radius 1 is 0.915 bits per heavy atom. The molecule has 1 aromatic heterocycles. The summed E-state index contributed by atoms with van der Waals surface area (Å²) in [5, 5.41) is 24.7. The van der Waals surface area contributed by atoms with Gasteiger partial charge in [0.05, 0.1) is 0 Å². The molecule has 4 amide bonds. The van der Waals surface area contributed by atoms with Crippen molar-refractivity contribution < 1.29 is 46.8 Å². The molecule has 0 bridgehead atoms. The molecule has 1 aromatic carbocycles. The second kappa shape index (κ2) is 17.6. The topological polar surface area (TPSA) is 224 Å². The van der Waals surface area contributed by atoms with E-state index in [0.29, 0.717) is 5.56 Å². The van der Waals surface area contributed by atoms with Gasteiger partial charge in [-0.25, -0.2) is 4.57 Å². The molecule has 0 spiro atoms. The number of aliphatic carboxylic acids is 1. The van der Waals surface area contributed by atoms with Gasteiger partial charge >= 0.3 is 6.18 Å². The van der Waals surface area contributed by atoms with Crippen molar-refractivity contribution in [3.8, 4) is 0 Å². The highest BCUT2D eigenvalue weighted by molar-refractivity contribution is 5.95. The lowest BCUT2D eigenvalue weighted by Gasteiger charge is -2.32. The van der Waals surface area contributed by atoms with Gasteiger partial charge in [-0.05, 0) is 30.4 Å². The number of carboxylic acids is 1. The normalized spacial score (nSPS) is 15.1. The Kier molecular flexibility index (Phi) is 14.3. The van der Waals surface area contributed by atoms with Gasteiger partial charge in [-0.1, -0.05) is 43.5 Å². The quantitative estimate of drug-likeness (QED) is 0.0983. The number of carboxylic acid groups (broad SMARTS) is 1. The highest BCUT2D eigenvalue weighted by Gasteiger charge is 2.35. The predicted molar refractivity (Wildman–Crippen MR) is 161 cm³/mol. The molecule has 1 aliphatic rings. The lowest BCUT2D eigenvalue weighted by Crippen LogP contribution is -2.59. The molecule has 0 unspecified atom stereocenters. The number of rotatable bonds is 12. The number of halogens is 3. The van der Waals surface area contributed by atoms with Crippen molar-refractivity contribution in [2.75, 3.05) is 0 Å². The highest BCUT2D eigenvalue weighted by Crippen LogP contribution is 2.27. The number of nitrogens with zero attached hydrogens (tertiary/aromatic N) is 1. The second-order valence-corrected chi connectivity index (χ2v) is 11.3. The molecule has 0 saturated heterocycles. The highest BCUT2D eigenvalue weighted by atomic mass is 19.4. The van der Waals surface area contributed by atoms with Crippen LogP contribution in [-0.2, 0) is 43.9 Å². The summed E-state index contributed by atoms with van der Waals surface area (Å²) in [5.41, 5.74) is 13.3. The second-order valence-electron chi connectivity index (χ2n) is 11.3. The zero-order valence-corrected chi connectivity index (χ0v) is 26.1. The summed E-state index contributed by atoms with van der Waals surface area (Å²) in [6.45, 7) is 1.32. The number of amides is 4. The van der Waals surface area contributed by atoms with Crippen molar-refractivity contribution in [2.24, 2.45) is 24.4 Å². The lowest BCUT2D eigenvalue weighted by molar-refractivity contribution is -0.671. The zero-order valence-electron chi connectivity index (χ0n) is 26.1. The number of amidine groups is 1. The SMILES string of the molecule is CC(=O)N[C@@H](Cc1ccc(C(=N)N)cc1)C(=O)N[C@H](C(=O)N[C@@H](Cc1ccc[n+](C)c1)C(N)=O)C1CCCCC1.O=C([O-])C(F)(F)F. The van der Waals surface area contributed by atoms with Crippen molar-refractivity contribution in [1.29, 1.82) is 5.41 Å². The number of carbonyl (C=O) groups is 5. The van der Waals surface area contributed by atoms with E-state index in [1.807, 2.05) is 36.1 Å². The molecule has 3 rings (SSSR count). The summed E-state index contributed by atoms with van der Waals surface area (Å²) < 4.78 is 33.4. The van der Waals surface area contributed by atoms with Crippen molar-refractivity contribution in [3.05, 3.63) is 65.5 Å². The number of aromatic nitrogens is 1. The molecule has 13 nitrogen and oxygen atoms in total. The van der Waals surface area contributed by atoms with Crippen LogP contribution in [0.4, 0.5) is 13.2 Å². The van der Waals surface area contributed by atoms with E-state index in [4.69, 9.17) is 26.8 Å². The van der Waals surface area contributed by atoms with Crippen LogP contribution >= 0.6 is 0 Å². The molecule has 47 heavy (non-hydrogen) atoms. The van der Waals surface area contributed by atoms with Gasteiger partial charge in [0.25, 0.3) is 0 Å². The van der Waals surface area contributed by atoms with Crippen molar-refractivity contribution in [1.82, 2.24) is 16.0 Å². The molecule has 2 aromatic rings. The average Bonchev–Trinajstić information content (AvgIpc) is 2.99. The van der Waals surface area contributed by atoms with Crippen LogP contribution in [0.25, 0.3) is 0 Å². The largest absolute Gasteiger partial charge is 0.542 e. The first kappa shape index (κ1) is 38.2. The van der Waals surface area contributed by atoms with E-state index in [1.54, 1.807) is 24.3 Å². The first-order chi connectivity index (χ1) is 22.0. The number of primary amides is 1. The van der Waals surface area contributed by atoms with Crippen molar-refractivity contribution in [3.63, 3.8) is 0 Å². The Morgan fingerprint density at radius 2 is 1.49 bits per heavy atom. The molecule has 1 aliphatic carbocycles. The number of aryl methyl sites for hydroxylation is 1. The van der Waals surface area contributed by atoms with Crippen molar-refractivity contribution >= 4 is 35.4 Å². The average molecular weight is 664 g/mol. The fraction of sp³-hybridized carbons (Fsp3) is 0.452. The maximum absolute atomic E-state index is 13.6. The van der Waals surface area contributed by atoms with Crippen LogP contribution in [0.5, 0.6) is 0 Å². The van der Waals surface area contributed by atoms with Crippen LogP contribution in [0.2, 0.25) is 0 Å². The van der Waals surface area contributed by atoms with E-state index < -0.39 is 48.0 Å². The minimum Gasteiger partial charge on any atom is -0.542 e. The fourth-order valence-corrected chi connectivity index (χ4v) is 5.12. The summed E-state index contributed by atoms with van der Waals surface area (Å²) in [7, 11) is 1.86. The van der Waals surface area contributed by atoms with E-state index in [1.165, 1.54) is 6.92 Å². The van der Waals surface area contributed by atoms with Crippen LogP contribution in [0.3, 0.4) is 0 Å². The third-order valence-corrected chi connectivity index (χ3v) is 7.43. The fourth-order valence-electron chi connectivity index (χ4n) is 5.12. The summed E-state index contributed by atoms with van der Waals surface area (Å²) in [6.07, 6.45) is 3.34. The van der Waals surface area contributed by atoms with Crippen LogP contribution in [0, 0.1) is 11.3 Å². The number of pyridine rings is 1. The molecule has 1 fully saturated rings. The van der Waals surface area contributed by atoms with Gasteiger partial charge in [-0.3, -0.25) is 24.6 Å². The Morgan fingerprint density at radius 3 is 1.98 bits per heavy atom. The number of nitrogen functional groups attached to an aromatic ring is 1. The number of hydrogen-bond donors (Lipinski definition) is 6. The van der Waals surface area contributed by atoms with Gasteiger partial charge in [0.15, 0.2) is 12.4 Å². The minimum atomic E-state index is -5.19.